The van der Waals surface area contributed by atoms with E-state index in [1.165, 1.54) is 12.0 Å². The first kappa shape index (κ1) is 24.3. The van der Waals surface area contributed by atoms with E-state index in [0.717, 1.165) is 0 Å². The van der Waals surface area contributed by atoms with Crippen LogP contribution in [0.3, 0.4) is 0 Å². The summed E-state index contributed by atoms with van der Waals surface area (Å²) in [5.74, 6) is -0.315. The summed E-state index contributed by atoms with van der Waals surface area (Å²) < 4.78 is 16.3. The summed E-state index contributed by atoms with van der Waals surface area (Å²) in [4.78, 5) is 38.8. The van der Waals surface area contributed by atoms with Crippen LogP contribution in [0.15, 0.2) is 18.2 Å². The Hall–Kier alpha value is -2.97. The summed E-state index contributed by atoms with van der Waals surface area (Å²) in [5, 5.41) is 0. The van der Waals surface area contributed by atoms with E-state index in [4.69, 9.17) is 14.2 Å². The van der Waals surface area contributed by atoms with Crippen LogP contribution in [0.2, 0.25) is 0 Å². The molecular weight excluding hydrogens is 402 g/mol. The van der Waals surface area contributed by atoms with Crippen LogP contribution in [0.5, 0.6) is 11.5 Å². The Morgan fingerprint density at radius 1 is 1.13 bits per heavy atom. The maximum atomic E-state index is 12.5. The number of amides is 3. The van der Waals surface area contributed by atoms with Crippen molar-refractivity contribution in [1.82, 2.24) is 15.8 Å². The number of piperidine rings is 1. The lowest BCUT2D eigenvalue weighted by Gasteiger charge is -2.33. The van der Waals surface area contributed by atoms with Crippen LogP contribution in [-0.2, 0) is 9.53 Å². The molecule has 1 heterocycles. The van der Waals surface area contributed by atoms with Gasteiger partial charge < -0.3 is 19.1 Å². The molecule has 1 fully saturated rings. The Bertz CT molecular complexity index is 803. The minimum Gasteiger partial charge on any atom is -0.493 e. The average molecular weight is 436 g/mol. The van der Waals surface area contributed by atoms with Gasteiger partial charge in [0.05, 0.1) is 19.1 Å². The van der Waals surface area contributed by atoms with E-state index in [9.17, 15) is 14.4 Å². The number of carbonyl (C=O) groups excluding carboxylic acids is 3. The van der Waals surface area contributed by atoms with Gasteiger partial charge in [-0.15, -0.1) is 0 Å². The molecule has 1 atom stereocenters. The molecule has 1 unspecified atom stereocenters. The molecule has 1 saturated heterocycles. The molecule has 0 bridgehead atoms. The van der Waals surface area contributed by atoms with Crippen molar-refractivity contribution in [2.24, 2.45) is 5.92 Å². The number of hydrogen-bond donors (Lipinski definition) is 2. The van der Waals surface area contributed by atoms with E-state index in [2.05, 4.69) is 10.9 Å². The van der Waals surface area contributed by atoms with Crippen molar-refractivity contribution in [3.63, 3.8) is 0 Å². The summed E-state index contributed by atoms with van der Waals surface area (Å²) in [6.07, 6.45) is 0.823. The van der Waals surface area contributed by atoms with Crippen LogP contribution >= 0.6 is 0 Å². The first-order chi connectivity index (χ1) is 14.5. The normalized spacial score (nSPS) is 16.5. The zero-order valence-electron chi connectivity index (χ0n) is 19.1. The van der Waals surface area contributed by atoms with Crippen LogP contribution in [0, 0.1) is 5.92 Å². The molecule has 1 aliphatic rings. The van der Waals surface area contributed by atoms with Crippen molar-refractivity contribution in [1.29, 1.82) is 0 Å². The minimum atomic E-state index is -0.600. The first-order valence-corrected chi connectivity index (χ1v) is 10.4. The van der Waals surface area contributed by atoms with Gasteiger partial charge in [0.2, 0.25) is 5.91 Å². The van der Waals surface area contributed by atoms with Crippen molar-refractivity contribution < 1.29 is 28.6 Å². The molecule has 0 spiro atoms. The fourth-order valence-electron chi connectivity index (χ4n) is 3.14. The Balaban J connectivity index is 1.93. The molecule has 0 radical (unpaired) electrons. The van der Waals surface area contributed by atoms with Gasteiger partial charge in [0.1, 0.15) is 5.60 Å². The van der Waals surface area contributed by atoms with E-state index < -0.39 is 23.5 Å². The van der Waals surface area contributed by atoms with E-state index in [-0.39, 0.29) is 18.6 Å². The van der Waals surface area contributed by atoms with Gasteiger partial charge in [0.15, 0.2) is 11.5 Å². The Morgan fingerprint density at radius 2 is 1.84 bits per heavy atom. The van der Waals surface area contributed by atoms with E-state index in [0.29, 0.717) is 36.4 Å². The molecule has 172 valence electrons. The van der Waals surface area contributed by atoms with Gasteiger partial charge in [-0.1, -0.05) is 0 Å². The molecule has 0 aromatic heterocycles. The first-order valence-electron chi connectivity index (χ1n) is 10.4. The summed E-state index contributed by atoms with van der Waals surface area (Å²) in [7, 11) is 1.49. The lowest BCUT2D eigenvalue weighted by molar-refractivity contribution is -0.127. The van der Waals surface area contributed by atoms with Gasteiger partial charge in [-0.05, 0) is 65.7 Å². The lowest BCUT2D eigenvalue weighted by Crippen LogP contribution is -2.50. The Labute approximate surface area is 183 Å². The summed E-state index contributed by atoms with van der Waals surface area (Å²) in [5.41, 5.74) is 4.59. The summed E-state index contributed by atoms with van der Waals surface area (Å²) in [6, 6.07) is 4.78. The largest absolute Gasteiger partial charge is 0.493 e. The lowest BCUT2D eigenvalue weighted by atomic mass is 9.98. The molecule has 2 rings (SSSR count). The summed E-state index contributed by atoms with van der Waals surface area (Å²) >= 11 is 0. The summed E-state index contributed by atoms with van der Waals surface area (Å²) in [6.45, 7) is 9.96. The third-order valence-corrected chi connectivity index (χ3v) is 4.53. The van der Waals surface area contributed by atoms with Crippen molar-refractivity contribution >= 4 is 17.9 Å². The molecule has 31 heavy (non-hydrogen) atoms. The minimum absolute atomic E-state index is 0.0383. The fraction of sp³-hybridized carbons (Fsp3) is 0.591. The number of nitrogens with zero attached hydrogens (tertiary/aromatic N) is 1. The molecule has 9 heteroatoms. The second kappa shape index (κ2) is 10.4. The second-order valence-corrected chi connectivity index (χ2v) is 8.74. The highest BCUT2D eigenvalue weighted by Crippen LogP contribution is 2.29. The SMILES string of the molecule is COc1cc(C(=O)NNC(=O)C2CCCN(C(=O)OC(C)(C)C)C2)ccc1OC(C)C. The van der Waals surface area contributed by atoms with Gasteiger partial charge in [0, 0.05) is 18.7 Å². The number of benzene rings is 1. The number of carbonyl (C=O) groups is 3. The second-order valence-electron chi connectivity index (χ2n) is 8.74. The predicted molar refractivity (Wildman–Crippen MR) is 115 cm³/mol. The van der Waals surface area contributed by atoms with Crippen LogP contribution in [0.25, 0.3) is 0 Å². The van der Waals surface area contributed by atoms with Crippen molar-refractivity contribution in [3.05, 3.63) is 23.8 Å². The highest BCUT2D eigenvalue weighted by molar-refractivity contribution is 5.96. The highest BCUT2D eigenvalue weighted by atomic mass is 16.6. The van der Waals surface area contributed by atoms with Crippen LogP contribution in [0.1, 0.15) is 57.8 Å². The van der Waals surface area contributed by atoms with Gasteiger partial charge in [-0.3, -0.25) is 20.4 Å². The highest BCUT2D eigenvalue weighted by Gasteiger charge is 2.31. The zero-order chi connectivity index (χ0) is 23.2. The third-order valence-electron chi connectivity index (χ3n) is 4.53. The van der Waals surface area contributed by atoms with E-state index in [1.807, 2.05) is 13.8 Å². The van der Waals surface area contributed by atoms with E-state index >= 15 is 0 Å². The van der Waals surface area contributed by atoms with Gasteiger partial charge in [0.25, 0.3) is 5.91 Å². The molecule has 0 aliphatic carbocycles. The molecular formula is C22H33N3O6. The third kappa shape index (κ3) is 7.34. The maximum absolute atomic E-state index is 12.5. The van der Waals surface area contributed by atoms with E-state index in [1.54, 1.807) is 39.0 Å². The number of ether oxygens (including phenoxy) is 3. The standard InChI is InChI=1S/C22H33N3O6/c1-14(2)30-17-10-9-15(12-18(17)29-6)19(26)23-24-20(27)16-8-7-11-25(13-16)21(28)31-22(3,4)5/h9-10,12,14,16H,7-8,11,13H2,1-6H3,(H,23,26)(H,24,27). The van der Waals surface area contributed by atoms with Crippen LogP contribution in [-0.4, -0.2) is 54.7 Å². The topological polar surface area (TPSA) is 106 Å². The monoisotopic (exact) mass is 435 g/mol. The number of hydrogen-bond acceptors (Lipinski definition) is 6. The zero-order valence-corrected chi connectivity index (χ0v) is 19.1. The van der Waals surface area contributed by atoms with Crippen molar-refractivity contribution in [3.8, 4) is 11.5 Å². The number of nitrogens with one attached hydrogen (secondary N) is 2. The van der Waals surface area contributed by atoms with Gasteiger partial charge >= 0.3 is 6.09 Å². The quantitative estimate of drug-likeness (QED) is 0.689. The van der Waals surface area contributed by atoms with Crippen LogP contribution < -0.4 is 20.3 Å². The molecule has 2 N–H and O–H groups in total. The number of hydrazine groups is 1. The number of rotatable bonds is 5. The average Bonchev–Trinajstić information content (AvgIpc) is 2.70. The van der Waals surface area contributed by atoms with Gasteiger partial charge in [-0.2, -0.15) is 0 Å². The Morgan fingerprint density at radius 3 is 2.45 bits per heavy atom. The Kier molecular flexibility index (Phi) is 8.13. The maximum Gasteiger partial charge on any atom is 0.410 e. The molecule has 0 saturated carbocycles. The number of likely N-dealkylation sites (tertiary alicyclic amines) is 1. The smallest absolute Gasteiger partial charge is 0.410 e. The number of methoxy groups -OCH3 is 1. The van der Waals surface area contributed by atoms with Crippen molar-refractivity contribution in [2.75, 3.05) is 20.2 Å². The fourth-order valence-corrected chi connectivity index (χ4v) is 3.14. The molecule has 1 aliphatic heterocycles. The van der Waals surface area contributed by atoms with Crippen LogP contribution in [0.4, 0.5) is 4.79 Å². The molecule has 3 amide bonds. The molecule has 9 nitrogen and oxygen atoms in total. The predicted octanol–water partition coefficient (Wildman–Crippen LogP) is 2.89. The van der Waals surface area contributed by atoms with Gasteiger partial charge in [-0.25, -0.2) is 4.79 Å². The molecule has 1 aromatic carbocycles. The molecule has 1 aromatic rings. The van der Waals surface area contributed by atoms with Crippen molar-refractivity contribution in [2.45, 2.75) is 59.2 Å².